The summed E-state index contributed by atoms with van der Waals surface area (Å²) in [6.07, 6.45) is 4.51. The third-order valence-corrected chi connectivity index (χ3v) is 5.05. The first kappa shape index (κ1) is 15.3. The first-order chi connectivity index (χ1) is 9.40. The van der Waals surface area contributed by atoms with Gasteiger partial charge in [-0.2, -0.15) is 0 Å². The third-order valence-electron chi connectivity index (χ3n) is 5.05. The highest BCUT2D eigenvalue weighted by molar-refractivity contribution is 5.82. The zero-order chi connectivity index (χ0) is 14.9. The number of amides is 2. The largest absolute Gasteiger partial charge is 0.369 e. The average molecular weight is 281 g/mol. The highest BCUT2D eigenvalue weighted by atomic mass is 16.2. The van der Waals surface area contributed by atoms with Gasteiger partial charge in [-0.15, -0.1) is 0 Å². The van der Waals surface area contributed by atoms with Crippen molar-refractivity contribution in [2.75, 3.05) is 6.54 Å². The first-order valence-corrected chi connectivity index (χ1v) is 7.75. The molecule has 1 aliphatic carbocycles. The van der Waals surface area contributed by atoms with Gasteiger partial charge in [-0.3, -0.25) is 9.59 Å². The maximum atomic E-state index is 12.8. The van der Waals surface area contributed by atoms with Gasteiger partial charge in [0.15, 0.2) is 0 Å². The Bertz CT molecular complexity index is 385. The molecule has 0 bridgehead atoms. The molecule has 1 saturated heterocycles. The number of nitrogens with two attached hydrogens (primary N) is 2. The van der Waals surface area contributed by atoms with Gasteiger partial charge in [0.1, 0.15) is 0 Å². The maximum Gasteiger partial charge on any atom is 0.227 e. The van der Waals surface area contributed by atoms with Crippen LogP contribution in [-0.4, -0.2) is 35.3 Å². The highest BCUT2D eigenvalue weighted by Crippen LogP contribution is 2.32. The van der Waals surface area contributed by atoms with Crippen LogP contribution in [0.5, 0.6) is 0 Å². The van der Waals surface area contributed by atoms with E-state index in [1.807, 2.05) is 11.8 Å². The van der Waals surface area contributed by atoms with Crippen molar-refractivity contribution >= 4 is 11.8 Å². The fraction of sp³-hybridized carbons (Fsp3) is 0.867. The topological polar surface area (TPSA) is 89.4 Å². The minimum absolute atomic E-state index is 0.0418. The van der Waals surface area contributed by atoms with Crippen LogP contribution in [0.1, 0.15) is 46.0 Å². The number of carbonyl (C=O) groups is 2. The minimum Gasteiger partial charge on any atom is -0.369 e. The number of hydrogen-bond acceptors (Lipinski definition) is 3. The standard InChI is InChI=1S/C15H27N3O2/c1-9-3-6-13(16)12(7-9)15(20)18-8-11(14(17)19)5-4-10(18)2/h9-13H,3-8,16H2,1-2H3,(H2,17,19). The molecular weight excluding hydrogens is 254 g/mol. The van der Waals surface area contributed by atoms with Crippen LogP contribution in [0, 0.1) is 17.8 Å². The Morgan fingerprint density at radius 3 is 2.45 bits per heavy atom. The molecule has 1 aliphatic heterocycles. The van der Waals surface area contributed by atoms with Crippen molar-refractivity contribution in [2.45, 2.75) is 58.0 Å². The summed E-state index contributed by atoms with van der Waals surface area (Å²) in [6.45, 7) is 4.69. The van der Waals surface area contributed by atoms with Crippen LogP contribution in [0.4, 0.5) is 0 Å². The fourth-order valence-electron chi connectivity index (χ4n) is 3.55. The molecule has 5 nitrogen and oxygen atoms in total. The Balaban J connectivity index is 2.07. The molecule has 0 aromatic heterocycles. The molecule has 0 spiro atoms. The van der Waals surface area contributed by atoms with Gasteiger partial charge in [-0.25, -0.2) is 0 Å². The van der Waals surface area contributed by atoms with Crippen molar-refractivity contribution in [1.82, 2.24) is 4.90 Å². The van der Waals surface area contributed by atoms with Crippen molar-refractivity contribution < 1.29 is 9.59 Å². The molecule has 0 radical (unpaired) electrons. The molecule has 1 heterocycles. The lowest BCUT2D eigenvalue weighted by Gasteiger charge is -2.41. The molecule has 2 amide bonds. The predicted octanol–water partition coefficient (Wildman–Crippen LogP) is 0.862. The van der Waals surface area contributed by atoms with Gasteiger partial charge < -0.3 is 16.4 Å². The zero-order valence-electron chi connectivity index (χ0n) is 12.5. The van der Waals surface area contributed by atoms with Crippen molar-refractivity contribution in [3.63, 3.8) is 0 Å². The van der Waals surface area contributed by atoms with E-state index in [0.717, 1.165) is 32.1 Å². The van der Waals surface area contributed by atoms with E-state index in [9.17, 15) is 9.59 Å². The summed E-state index contributed by atoms with van der Waals surface area (Å²) in [5.74, 6) is 0.0921. The molecule has 1 saturated carbocycles. The number of carbonyl (C=O) groups excluding carboxylic acids is 2. The summed E-state index contributed by atoms with van der Waals surface area (Å²) >= 11 is 0. The fourth-order valence-corrected chi connectivity index (χ4v) is 3.55. The Morgan fingerprint density at radius 1 is 1.10 bits per heavy atom. The van der Waals surface area contributed by atoms with Crippen molar-refractivity contribution in [3.05, 3.63) is 0 Å². The molecule has 5 atom stereocenters. The van der Waals surface area contributed by atoms with Gasteiger partial charge in [0.2, 0.25) is 11.8 Å². The lowest BCUT2D eigenvalue weighted by molar-refractivity contribution is -0.143. The van der Waals surface area contributed by atoms with E-state index in [1.165, 1.54) is 0 Å². The minimum atomic E-state index is -0.295. The summed E-state index contributed by atoms with van der Waals surface area (Å²) in [5, 5.41) is 0. The molecular formula is C15H27N3O2. The number of primary amides is 1. The summed E-state index contributed by atoms with van der Waals surface area (Å²) in [4.78, 5) is 26.0. The van der Waals surface area contributed by atoms with E-state index in [2.05, 4.69) is 6.92 Å². The van der Waals surface area contributed by atoms with Crippen LogP contribution >= 0.6 is 0 Å². The monoisotopic (exact) mass is 281 g/mol. The molecule has 5 heteroatoms. The Hall–Kier alpha value is -1.10. The number of hydrogen-bond donors (Lipinski definition) is 2. The quantitative estimate of drug-likeness (QED) is 0.786. The number of rotatable bonds is 2. The van der Waals surface area contributed by atoms with E-state index >= 15 is 0 Å². The molecule has 4 N–H and O–H groups in total. The lowest BCUT2D eigenvalue weighted by Crippen LogP contribution is -2.54. The Labute approximate surface area is 121 Å². The molecule has 0 aromatic carbocycles. The second-order valence-corrected chi connectivity index (χ2v) is 6.70. The van der Waals surface area contributed by atoms with E-state index < -0.39 is 0 Å². The van der Waals surface area contributed by atoms with Crippen LogP contribution < -0.4 is 11.5 Å². The maximum absolute atomic E-state index is 12.8. The molecule has 5 unspecified atom stereocenters. The summed E-state index contributed by atoms with van der Waals surface area (Å²) in [6, 6.07) is 0.141. The second kappa shape index (κ2) is 6.12. The van der Waals surface area contributed by atoms with Crippen molar-refractivity contribution in [2.24, 2.45) is 29.2 Å². The molecule has 114 valence electrons. The van der Waals surface area contributed by atoms with E-state index in [-0.39, 0.29) is 35.7 Å². The second-order valence-electron chi connectivity index (χ2n) is 6.70. The van der Waals surface area contributed by atoms with Gasteiger partial charge >= 0.3 is 0 Å². The summed E-state index contributed by atoms with van der Waals surface area (Å²) in [7, 11) is 0. The first-order valence-electron chi connectivity index (χ1n) is 7.75. The van der Waals surface area contributed by atoms with Gasteiger partial charge in [0.05, 0.1) is 11.8 Å². The van der Waals surface area contributed by atoms with Crippen molar-refractivity contribution in [1.29, 1.82) is 0 Å². The molecule has 2 aliphatic rings. The van der Waals surface area contributed by atoms with Gasteiger partial charge in [-0.1, -0.05) is 6.92 Å². The van der Waals surface area contributed by atoms with Gasteiger partial charge in [0.25, 0.3) is 0 Å². The highest BCUT2D eigenvalue weighted by Gasteiger charge is 2.38. The van der Waals surface area contributed by atoms with Crippen LogP contribution in [0.25, 0.3) is 0 Å². The number of nitrogens with zero attached hydrogens (tertiary/aromatic N) is 1. The third kappa shape index (κ3) is 3.14. The SMILES string of the molecule is CC1CCC(N)C(C(=O)N2CC(C(N)=O)CCC2C)C1. The molecule has 2 fully saturated rings. The molecule has 0 aromatic rings. The van der Waals surface area contributed by atoms with Crippen LogP contribution in [0.2, 0.25) is 0 Å². The number of piperidine rings is 1. The predicted molar refractivity (Wildman–Crippen MR) is 77.6 cm³/mol. The van der Waals surface area contributed by atoms with E-state index in [1.54, 1.807) is 0 Å². The zero-order valence-corrected chi connectivity index (χ0v) is 12.5. The van der Waals surface area contributed by atoms with Crippen LogP contribution in [0.15, 0.2) is 0 Å². The van der Waals surface area contributed by atoms with Gasteiger partial charge in [-0.05, 0) is 44.9 Å². The Morgan fingerprint density at radius 2 is 1.80 bits per heavy atom. The molecule has 2 rings (SSSR count). The van der Waals surface area contributed by atoms with Crippen LogP contribution in [-0.2, 0) is 9.59 Å². The lowest BCUT2D eigenvalue weighted by atomic mass is 9.78. The van der Waals surface area contributed by atoms with E-state index in [0.29, 0.717) is 12.5 Å². The smallest absolute Gasteiger partial charge is 0.227 e. The number of likely N-dealkylation sites (tertiary alicyclic amines) is 1. The summed E-state index contributed by atoms with van der Waals surface area (Å²) < 4.78 is 0. The van der Waals surface area contributed by atoms with Crippen molar-refractivity contribution in [3.8, 4) is 0 Å². The van der Waals surface area contributed by atoms with E-state index in [4.69, 9.17) is 11.5 Å². The Kier molecular flexibility index (Phi) is 4.68. The van der Waals surface area contributed by atoms with Crippen LogP contribution in [0.3, 0.4) is 0 Å². The molecule has 20 heavy (non-hydrogen) atoms. The summed E-state index contributed by atoms with van der Waals surface area (Å²) in [5.41, 5.74) is 11.6. The average Bonchev–Trinajstić information content (AvgIpc) is 2.41. The van der Waals surface area contributed by atoms with Gasteiger partial charge in [0, 0.05) is 18.6 Å². The normalized spacial score (nSPS) is 38.5.